The third-order valence-corrected chi connectivity index (χ3v) is 2.84. The van der Waals surface area contributed by atoms with Gasteiger partial charge in [0.2, 0.25) is 0 Å². The number of nitro groups is 1. The van der Waals surface area contributed by atoms with Crippen LogP contribution in [0.5, 0.6) is 0 Å². The van der Waals surface area contributed by atoms with E-state index in [2.05, 4.69) is 10.1 Å². The van der Waals surface area contributed by atoms with Crippen molar-refractivity contribution in [1.82, 2.24) is 14.6 Å². The molecule has 0 unspecified atom stereocenters. The number of rotatable bonds is 2. The third kappa shape index (κ3) is 2.13. The Morgan fingerprint density at radius 2 is 2.11 bits per heavy atom. The molecule has 19 heavy (non-hydrogen) atoms. The van der Waals surface area contributed by atoms with Crippen LogP contribution in [0.2, 0.25) is 5.02 Å². The first-order chi connectivity index (χ1) is 9.13. The van der Waals surface area contributed by atoms with E-state index < -0.39 is 4.92 Å². The summed E-state index contributed by atoms with van der Waals surface area (Å²) in [6.45, 7) is 0. The van der Waals surface area contributed by atoms with Gasteiger partial charge in [0.15, 0.2) is 11.5 Å². The topological polar surface area (TPSA) is 73.3 Å². The van der Waals surface area contributed by atoms with Crippen molar-refractivity contribution in [2.75, 3.05) is 0 Å². The van der Waals surface area contributed by atoms with Crippen LogP contribution < -0.4 is 0 Å². The number of halogens is 1. The molecule has 0 aliphatic rings. The average molecular weight is 275 g/mol. The Labute approximate surface area is 112 Å². The monoisotopic (exact) mass is 274 g/mol. The van der Waals surface area contributed by atoms with Crippen molar-refractivity contribution in [3.8, 4) is 11.4 Å². The minimum absolute atomic E-state index is 0.0324. The van der Waals surface area contributed by atoms with E-state index >= 15 is 0 Å². The van der Waals surface area contributed by atoms with Gasteiger partial charge >= 0.3 is 0 Å². The highest BCUT2D eigenvalue weighted by atomic mass is 35.5. The molecule has 0 saturated carbocycles. The Balaban J connectivity index is 2.14. The molecule has 94 valence electrons. The molecule has 3 rings (SSSR count). The molecule has 0 N–H and O–H groups in total. The minimum atomic E-state index is -0.472. The molecule has 0 atom stereocenters. The molecular weight excluding hydrogens is 268 g/mol. The van der Waals surface area contributed by atoms with Crippen molar-refractivity contribution >= 4 is 22.9 Å². The highest BCUT2D eigenvalue weighted by Gasteiger charge is 2.11. The molecule has 0 fully saturated rings. The van der Waals surface area contributed by atoms with Crippen LogP contribution in [-0.2, 0) is 0 Å². The smallest absolute Gasteiger partial charge is 0.258 e. The van der Waals surface area contributed by atoms with Gasteiger partial charge in [-0.15, -0.1) is 5.10 Å². The van der Waals surface area contributed by atoms with E-state index in [9.17, 15) is 10.1 Å². The SMILES string of the molecule is O=[N+]([O-])c1ccc2nc(-c3cccc(Cl)c3)nn2c1. The van der Waals surface area contributed by atoms with Gasteiger partial charge in [-0.3, -0.25) is 10.1 Å². The maximum Gasteiger partial charge on any atom is 0.287 e. The zero-order valence-corrected chi connectivity index (χ0v) is 10.3. The molecule has 2 aromatic heterocycles. The summed E-state index contributed by atoms with van der Waals surface area (Å²) in [5.74, 6) is 0.475. The van der Waals surface area contributed by atoms with Crippen LogP contribution in [0.3, 0.4) is 0 Å². The Hall–Kier alpha value is -2.47. The number of hydrogen-bond donors (Lipinski definition) is 0. The van der Waals surface area contributed by atoms with E-state index in [-0.39, 0.29) is 5.69 Å². The maximum atomic E-state index is 10.7. The van der Waals surface area contributed by atoms with Crippen LogP contribution in [0.1, 0.15) is 0 Å². The van der Waals surface area contributed by atoms with E-state index in [4.69, 9.17) is 11.6 Å². The number of aromatic nitrogens is 3. The molecule has 7 heteroatoms. The van der Waals surface area contributed by atoms with Gasteiger partial charge < -0.3 is 0 Å². The van der Waals surface area contributed by atoms with Gasteiger partial charge in [0.1, 0.15) is 6.20 Å². The lowest BCUT2D eigenvalue weighted by Crippen LogP contribution is -1.92. The third-order valence-electron chi connectivity index (χ3n) is 2.61. The predicted octanol–water partition coefficient (Wildman–Crippen LogP) is 2.96. The van der Waals surface area contributed by atoms with E-state index in [1.54, 1.807) is 24.3 Å². The maximum absolute atomic E-state index is 10.7. The van der Waals surface area contributed by atoms with Gasteiger partial charge in [-0.1, -0.05) is 23.7 Å². The van der Waals surface area contributed by atoms with E-state index in [0.29, 0.717) is 16.5 Å². The Bertz CT molecular complexity index is 784. The Morgan fingerprint density at radius 3 is 2.84 bits per heavy atom. The first-order valence-electron chi connectivity index (χ1n) is 5.40. The highest BCUT2D eigenvalue weighted by Crippen LogP contribution is 2.21. The van der Waals surface area contributed by atoms with Gasteiger partial charge in [0, 0.05) is 16.7 Å². The molecule has 1 aromatic carbocycles. The summed E-state index contributed by atoms with van der Waals surface area (Å²) < 4.78 is 1.38. The van der Waals surface area contributed by atoms with Crippen LogP contribution in [0.4, 0.5) is 5.69 Å². The molecule has 6 nitrogen and oxygen atoms in total. The Morgan fingerprint density at radius 1 is 1.26 bits per heavy atom. The van der Waals surface area contributed by atoms with Gasteiger partial charge in [-0.25, -0.2) is 9.50 Å². The quantitative estimate of drug-likeness (QED) is 0.532. The summed E-state index contributed by atoms with van der Waals surface area (Å²) in [6, 6.07) is 10.1. The Kier molecular flexibility index (Phi) is 2.64. The molecule has 0 saturated heterocycles. The molecule has 0 spiro atoms. The van der Waals surface area contributed by atoms with Gasteiger partial charge in [-0.2, -0.15) is 0 Å². The largest absolute Gasteiger partial charge is 0.287 e. The molecule has 2 heterocycles. The summed E-state index contributed by atoms with van der Waals surface area (Å²) in [5, 5.41) is 15.5. The van der Waals surface area contributed by atoms with Crippen molar-refractivity contribution in [2.24, 2.45) is 0 Å². The van der Waals surface area contributed by atoms with Crippen molar-refractivity contribution in [3.63, 3.8) is 0 Å². The number of nitrogens with zero attached hydrogens (tertiary/aromatic N) is 4. The van der Waals surface area contributed by atoms with Gasteiger partial charge in [0.05, 0.1) is 4.92 Å². The van der Waals surface area contributed by atoms with Gasteiger partial charge in [0.25, 0.3) is 5.69 Å². The summed E-state index contributed by atoms with van der Waals surface area (Å²) >= 11 is 5.91. The lowest BCUT2D eigenvalue weighted by molar-refractivity contribution is -0.385. The molecular formula is C12H7ClN4O2. The standard InChI is InChI=1S/C12H7ClN4O2/c13-9-3-1-2-8(6-9)12-14-11-5-4-10(17(18)19)7-16(11)15-12/h1-7H. The van der Waals surface area contributed by atoms with Crippen LogP contribution >= 0.6 is 11.6 Å². The van der Waals surface area contributed by atoms with E-state index in [1.165, 1.54) is 16.8 Å². The predicted molar refractivity (Wildman–Crippen MR) is 70.1 cm³/mol. The van der Waals surface area contributed by atoms with E-state index in [1.807, 2.05) is 6.07 Å². The molecule has 0 radical (unpaired) electrons. The normalized spacial score (nSPS) is 10.8. The zero-order chi connectivity index (χ0) is 13.4. The fraction of sp³-hybridized carbons (Fsp3) is 0. The summed E-state index contributed by atoms with van der Waals surface area (Å²) in [5.41, 5.74) is 1.27. The summed E-state index contributed by atoms with van der Waals surface area (Å²) in [7, 11) is 0. The van der Waals surface area contributed by atoms with Crippen LogP contribution in [0.15, 0.2) is 42.6 Å². The lowest BCUT2D eigenvalue weighted by atomic mass is 10.2. The summed E-state index contributed by atoms with van der Waals surface area (Å²) in [4.78, 5) is 14.5. The van der Waals surface area contributed by atoms with Crippen molar-refractivity contribution in [3.05, 3.63) is 57.7 Å². The fourth-order valence-electron chi connectivity index (χ4n) is 1.73. The van der Waals surface area contributed by atoms with Crippen molar-refractivity contribution in [1.29, 1.82) is 0 Å². The minimum Gasteiger partial charge on any atom is -0.258 e. The van der Waals surface area contributed by atoms with Crippen LogP contribution in [0, 0.1) is 10.1 Å². The second-order valence-corrected chi connectivity index (χ2v) is 4.33. The number of fused-ring (bicyclic) bond motifs is 1. The molecule has 0 aliphatic heterocycles. The molecule has 0 amide bonds. The summed E-state index contributed by atoms with van der Waals surface area (Å²) in [6.07, 6.45) is 1.33. The number of benzene rings is 1. The molecule has 3 aromatic rings. The fourth-order valence-corrected chi connectivity index (χ4v) is 1.92. The number of hydrogen-bond acceptors (Lipinski definition) is 4. The molecule has 0 aliphatic carbocycles. The van der Waals surface area contributed by atoms with Crippen molar-refractivity contribution < 1.29 is 4.92 Å². The van der Waals surface area contributed by atoms with Crippen molar-refractivity contribution in [2.45, 2.75) is 0 Å². The first-order valence-corrected chi connectivity index (χ1v) is 5.78. The highest BCUT2D eigenvalue weighted by molar-refractivity contribution is 6.30. The zero-order valence-electron chi connectivity index (χ0n) is 9.52. The number of pyridine rings is 1. The second kappa shape index (κ2) is 4.33. The van der Waals surface area contributed by atoms with Crippen LogP contribution in [-0.4, -0.2) is 19.5 Å². The first kappa shape index (κ1) is 11.6. The average Bonchev–Trinajstić information content (AvgIpc) is 2.81. The van der Waals surface area contributed by atoms with Gasteiger partial charge in [-0.05, 0) is 18.2 Å². The lowest BCUT2D eigenvalue weighted by Gasteiger charge is -1.94. The van der Waals surface area contributed by atoms with E-state index in [0.717, 1.165) is 5.56 Å². The molecule has 0 bridgehead atoms. The van der Waals surface area contributed by atoms with Crippen LogP contribution in [0.25, 0.3) is 17.0 Å². The second-order valence-electron chi connectivity index (χ2n) is 3.89.